The molecule has 1 aliphatic heterocycles. The van der Waals surface area contributed by atoms with Crippen LogP contribution in [0.25, 0.3) is 6.08 Å². The third kappa shape index (κ3) is 5.63. The van der Waals surface area contributed by atoms with Crippen LogP contribution in [-0.2, 0) is 21.2 Å². The van der Waals surface area contributed by atoms with Crippen molar-refractivity contribution in [2.75, 3.05) is 29.9 Å². The van der Waals surface area contributed by atoms with Crippen LogP contribution < -0.4 is 19.1 Å². The van der Waals surface area contributed by atoms with Gasteiger partial charge in [-0.3, -0.25) is 9.52 Å². The van der Waals surface area contributed by atoms with E-state index in [9.17, 15) is 13.2 Å². The zero-order valence-electron chi connectivity index (χ0n) is 19.6. The number of hydrogen-bond acceptors (Lipinski definition) is 8. The highest BCUT2D eigenvalue weighted by Gasteiger charge is 2.24. The number of rotatable bonds is 8. The van der Waals surface area contributed by atoms with Crippen molar-refractivity contribution in [1.82, 2.24) is 10.2 Å². The largest absolute Gasteiger partial charge is 0.493 e. The second kappa shape index (κ2) is 10.4. The van der Waals surface area contributed by atoms with Crippen LogP contribution in [0.5, 0.6) is 11.5 Å². The Labute approximate surface area is 208 Å². The van der Waals surface area contributed by atoms with E-state index in [1.54, 1.807) is 37.1 Å². The SMILES string of the molecule is CCOc1ccc(/C=C/C(=O)N2CCCc3cc(S(=O)(=O)Nc4nnc(C)s4)ccc32)cc1OC. The van der Waals surface area contributed by atoms with Gasteiger partial charge in [0.05, 0.1) is 18.6 Å². The molecule has 3 aromatic rings. The number of amides is 1. The van der Waals surface area contributed by atoms with Gasteiger partial charge in [0, 0.05) is 18.3 Å². The predicted octanol–water partition coefficient (Wildman–Crippen LogP) is 4.05. The van der Waals surface area contributed by atoms with Crippen molar-refractivity contribution >= 4 is 44.2 Å². The van der Waals surface area contributed by atoms with Crippen LogP contribution in [0.15, 0.2) is 47.4 Å². The van der Waals surface area contributed by atoms with Crippen molar-refractivity contribution in [2.45, 2.75) is 31.6 Å². The number of fused-ring (bicyclic) bond motifs is 1. The van der Waals surface area contributed by atoms with Gasteiger partial charge in [-0.25, -0.2) is 8.42 Å². The molecule has 2 heterocycles. The van der Waals surface area contributed by atoms with Crippen molar-refractivity contribution in [3.05, 3.63) is 58.6 Å². The van der Waals surface area contributed by atoms with E-state index in [0.717, 1.165) is 28.9 Å². The van der Waals surface area contributed by atoms with Crippen molar-refractivity contribution in [3.8, 4) is 11.5 Å². The Morgan fingerprint density at radius 2 is 2.03 bits per heavy atom. The van der Waals surface area contributed by atoms with E-state index >= 15 is 0 Å². The molecule has 184 valence electrons. The van der Waals surface area contributed by atoms with Crippen LogP contribution in [0.1, 0.15) is 29.5 Å². The molecule has 2 aromatic carbocycles. The number of benzene rings is 2. The van der Waals surface area contributed by atoms with E-state index in [1.807, 2.05) is 25.1 Å². The minimum atomic E-state index is -3.81. The second-order valence-electron chi connectivity index (χ2n) is 7.79. The van der Waals surface area contributed by atoms with Gasteiger partial charge in [-0.15, -0.1) is 10.2 Å². The van der Waals surface area contributed by atoms with Crippen LogP contribution in [-0.4, -0.2) is 44.8 Å². The van der Waals surface area contributed by atoms with Crippen molar-refractivity contribution < 1.29 is 22.7 Å². The molecule has 1 aromatic heterocycles. The van der Waals surface area contributed by atoms with E-state index < -0.39 is 10.0 Å². The number of sulfonamides is 1. The molecule has 1 amide bonds. The predicted molar refractivity (Wildman–Crippen MR) is 136 cm³/mol. The fraction of sp³-hybridized carbons (Fsp3) is 0.292. The highest BCUT2D eigenvalue weighted by Crippen LogP contribution is 2.31. The number of nitrogens with one attached hydrogen (secondary N) is 1. The Kier molecular flexibility index (Phi) is 7.37. The number of carbonyl (C=O) groups is 1. The van der Waals surface area contributed by atoms with E-state index in [0.29, 0.717) is 41.8 Å². The van der Waals surface area contributed by atoms with Crippen LogP contribution in [0.2, 0.25) is 0 Å². The summed E-state index contributed by atoms with van der Waals surface area (Å²) in [5, 5.41) is 8.54. The average molecular weight is 515 g/mol. The highest BCUT2D eigenvalue weighted by molar-refractivity contribution is 7.93. The molecule has 0 fully saturated rings. The van der Waals surface area contributed by atoms with Gasteiger partial charge in [-0.05, 0) is 74.2 Å². The van der Waals surface area contributed by atoms with Gasteiger partial charge in [0.25, 0.3) is 15.9 Å². The summed E-state index contributed by atoms with van der Waals surface area (Å²) < 4.78 is 39.0. The standard InChI is InChI=1S/C24H26N4O5S2/c1-4-33-21-11-7-17(14-22(21)32-3)8-12-23(29)28-13-5-6-18-15-19(9-10-20(18)28)35(30,31)27-24-26-25-16(2)34-24/h7-12,14-15H,4-6,13H2,1-3H3,(H,26,27)/b12-8+. The van der Waals surface area contributed by atoms with E-state index in [-0.39, 0.29) is 15.9 Å². The molecule has 0 atom stereocenters. The summed E-state index contributed by atoms with van der Waals surface area (Å²) in [7, 11) is -2.24. The van der Waals surface area contributed by atoms with E-state index in [2.05, 4.69) is 14.9 Å². The molecule has 0 saturated heterocycles. The normalized spacial score (nSPS) is 13.5. The molecule has 1 N–H and O–H groups in total. The molecule has 0 radical (unpaired) electrons. The van der Waals surface area contributed by atoms with Crippen molar-refractivity contribution in [3.63, 3.8) is 0 Å². The van der Waals surface area contributed by atoms with Gasteiger partial charge in [0.2, 0.25) is 5.13 Å². The maximum absolute atomic E-state index is 13.0. The number of nitrogens with zero attached hydrogens (tertiary/aromatic N) is 3. The molecule has 1 aliphatic rings. The third-order valence-electron chi connectivity index (χ3n) is 5.40. The fourth-order valence-electron chi connectivity index (χ4n) is 3.80. The van der Waals surface area contributed by atoms with Gasteiger partial charge in [-0.2, -0.15) is 0 Å². The summed E-state index contributed by atoms with van der Waals surface area (Å²) in [6, 6.07) is 10.3. The molecule has 0 spiro atoms. The number of methoxy groups -OCH3 is 1. The lowest BCUT2D eigenvalue weighted by Gasteiger charge is -2.29. The summed E-state index contributed by atoms with van der Waals surface area (Å²) in [4.78, 5) is 14.8. The van der Waals surface area contributed by atoms with Gasteiger partial charge >= 0.3 is 0 Å². The summed E-state index contributed by atoms with van der Waals surface area (Å²) in [5.41, 5.74) is 2.31. The quantitative estimate of drug-likeness (QED) is 0.452. The molecule has 0 saturated carbocycles. The Morgan fingerprint density at radius 1 is 1.20 bits per heavy atom. The molecular formula is C24H26N4O5S2. The lowest BCUT2D eigenvalue weighted by molar-refractivity contribution is -0.114. The first kappa shape index (κ1) is 24.7. The number of ether oxygens (including phenoxy) is 2. The van der Waals surface area contributed by atoms with Gasteiger partial charge < -0.3 is 14.4 Å². The number of aryl methyl sites for hydroxylation is 2. The first-order chi connectivity index (χ1) is 16.8. The first-order valence-electron chi connectivity index (χ1n) is 11.1. The van der Waals surface area contributed by atoms with Crippen LogP contribution >= 0.6 is 11.3 Å². The highest BCUT2D eigenvalue weighted by atomic mass is 32.2. The van der Waals surface area contributed by atoms with E-state index in [1.165, 1.54) is 12.1 Å². The average Bonchev–Trinajstić information content (AvgIpc) is 3.26. The Morgan fingerprint density at radius 3 is 2.74 bits per heavy atom. The monoisotopic (exact) mass is 514 g/mol. The fourth-order valence-corrected chi connectivity index (χ4v) is 5.67. The maximum atomic E-state index is 13.0. The Bertz CT molecular complexity index is 1370. The van der Waals surface area contributed by atoms with Crippen molar-refractivity contribution in [2.24, 2.45) is 0 Å². The molecule has 0 aliphatic carbocycles. The summed E-state index contributed by atoms with van der Waals surface area (Å²) in [6.45, 7) is 4.73. The first-order valence-corrected chi connectivity index (χ1v) is 13.4. The zero-order chi connectivity index (χ0) is 25.0. The summed E-state index contributed by atoms with van der Waals surface area (Å²) >= 11 is 1.16. The lowest BCUT2D eigenvalue weighted by Crippen LogP contribution is -2.34. The van der Waals surface area contributed by atoms with Gasteiger partial charge in [0.15, 0.2) is 11.5 Å². The Hall–Kier alpha value is -3.44. The molecule has 11 heteroatoms. The van der Waals surface area contributed by atoms with E-state index in [4.69, 9.17) is 9.47 Å². The summed E-state index contributed by atoms with van der Waals surface area (Å²) in [6.07, 6.45) is 4.64. The van der Waals surface area contributed by atoms with Crippen LogP contribution in [0.4, 0.5) is 10.8 Å². The lowest BCUT2D eigenvalue weighted by atomic mass is 10.0. The summed E-state index contributed by atoms with van der Waals surface area (Å²) in [5.74, 6) is 1.05. The molecule has 9 nitrogen and oxygen atoms in total. The minimum absolute atomic E-state index is 0.121. The number of carbonyl (C=O) groups excluding carboxylic acids is 1. The molecule has 0 unspecified atom stereocenters. The Balaban J connectivity index is 1.53. The van der Waals surface area contributed by atoms with Gasteiger partial charge in [-0.1, -0.05) is 17.4 Å². The molecule has 4 rings (SSSR count). The van der Waals surface area contributed by atoms with Gasteiger partial charge in [0.1, 0.15) is 5.01 Å². The number of anilines is 2. The molecule has 35 heavy (non-hydrogen) atoms. The second-order valence-corrected chi connectivity index (χ2v) is 10.7. The molecular weight excluding hydrogens is 488 g/mol. The third-order valence-corrected chi connectivity index (χ3v) is 7.62. The topological polar surface area (TPSA) is 111 Å². The van der Waals surface area contributed by atoms with Crippen molar-refractivity contribution in [1.29, 1.82) is 0 Å². The zero-order valence-corrected chi connectivity index (χ0v) is 21.3. The smallest absolute Gasteiger partial charge is 0.263 e. The number of hydrogen-bond donors (Lipinski definition) is 1. The minimum Gasteiger partial charge on any atom is -0.493 e. The van der Waals surface area contributed by atoms with Crippen LogP contribution in [0, 0.1) is 6.92 Å². The number of aromatic nitrogens is 2. The van der Waals surface area contributed by atoms with Crippen LogP contribution in [0.3, 0.4) is 0 Å². The maximum Gasteiger partial charge on any atom is 0.263 e. The molecule has 0 bridgehead atoms.